The molecule has 3 rings (SSSR count). The Labute approximate surface area is 185 Å². The first-order chi connectivity index (χ1) is 15.0. The number of hydrogen-bond acceptors (Lipinski definition) is 4. The van der Waals surface area contributed by atoms with Crippen LogP contribution in [0.15, 0.2) is 54.6 Å². The van der Waals surface area contributed by atoms with E-state index in [1.807, 2.05) is 56.3 Å². The van der Waals surface area contributed by atoms with Crippen LogP contribution in [-0.4, -0.2) is 55.6 Å². The molecule has 166 valence electrons. The van der Waals surface area contributed by atoms with E-state index in [1.165, 1.54) is 5.56 Å². The van der Waals surface area contributed by atoms with Crippen LogP contribution in [0.25, 0.3) is 0 Å². The van der Waals surface area contributed by atoms with Crippen LogP contribution in [-0.2, 0) is 27.2 Å². The van der Waals surface area contributed by atoms with Crippen LogP contribution in [0.4, 0.5) is 5.69 Å². The molecule has 1 aliphatic rings. The second kappa shape index (κ2) is 11.6. The monoisotopic (exact) mass is 423 g/mol. The van der Waals surface area contributed by atoms with Gasteiger partial charge in [-0.3, -0.25) is 14.5 Å². The van der Waals surface area contributed by atoms with Gasteiger partial charge in [0.05, 0.1) is 19.6 Å². The van der Waals surface area contributed by atoms with Crippen LogP contribution >= 0.6 is 0 Å². The summed E-state index contributed by atoms with van der Waals surface area (Å²) < 4.78 is 5.39. The van der Waals surface area contributed by atoms with E-state index < -0.39 is 6.04 Å². The Morgan fingerprint density at radius 2 is 1.65 bits per heavy atom. The number of nitrogens with one attached hydrogen (secondary N) is 2. The number of rotatable bonds is 9. The number of benzene rings is 2. The highest BCUT2D eigenvalue weighted by Crippen LogP contribution is 2.13. The summed E-state index contributed by atoms with van der Waals surface area (Å²) in [6.45, 7) is 8.47. The highest BCUT2D eigenvalue weighted by atomic mass is 16.5. The molecule has 1 atom stereocenters. The van der Waals surface area contributed by atoms with Crippen molar-refractivity contribution in [1.29, 1.82) is 0 Å². The van der Waals surface area contributed by atoms with Crippen LogP contribution < -0.4 is 10.6 Å². The lowest BCUT2D eigenvalue weighted by atomic mass is 10.0. The average molecular weight is 424 g/mol. The highest BCUT2D eigenvalue weighted by Gasteiger charge is 2.24. The number of anilines is 1. The van der Waals surface area contributed by atoms with Crippen molar-refractivity contribution >= 4 is 17.5 Å². The number of carbonyl (C=O) groups excluding carboxylic acids is 2. The third-order valence-electron chi connectivity index (χ3n) is 5.52. The number of nitrogens with zero attached hydrogens (tertiary/aromatic N) is 1. The van der Waals surface area contributed by atoms with E-state index in [9.17, 15) is 9.59 Å². The molecular formula is C25H33N3O3. The molecule has 6 heteroatoms. The van der Waals surface area contributed by atoms with Crippen molar-refractivity contribution < 1.29 is 14.3 Å². The summed E-state index contributed by atoms with van der Waals surface area (Å²) >= 11 is 0. The van der Waals surface area contributed by atoms with Crippen LogP contribution in [0, 0.1) is 5.92 Å². The molecule has 31 heavy (non-hydrogen) atoms. The molecular weight excluding hydrogens is 390 g/mol. The highest BCUT2D eigenvalue weighted by molar-refractivity contribution is 5.97. The van der Waals surface area contributed by atoms with E-state index in [0.717, 1.165) is 50.5 Å². The van der Waals surface area contributed by atoms with Crippen molar-refractivity contribution in [2.75, 3.05) is 38.2 Å². The first-order valence-corrected chi connectivity index (χ1v) is 11.0. The lowest BCUT2D eigenvalue weighted by molar-refractivity contribution is -0.127. The molecule has 0 radical (unpaired) electrons. The van der Waals surface area contributed by atoms with Gasteiger partial charge >= 0.3 is 0 Å². The largest absolute Gasteiger partial charge is 0.379 e. The minimum absolute atomic E-state index is 0.0208. The summed E-state index contributed by atoms with van der Waals surface area (Å²) in [7, 11) is 0. The lowest BCUT2D eigenvalue weighted by Gasteiger charge is -2.26. The zero-order valence-electron chi connectivity index (χ0n) is 18.5. The van der Waals surface area contributed by atoms with Crippen LogP contribution in [0.3, 0.4) is 0 Å². The molecule has 2 aromatic rings. The summed E-state index contributed by atoms with van der Waals surface area (Å²) in [6.07, 6.45) is 1.23. The Kier molecular flexibility index (Phi) is 8.62. The van der Waals surface area contributed by atoms with Gasteiger partial charge in [-0.05, 0) is 35.6 Å². The van der Waals surface area contributed by atoms with Crippen LogP contribution in [0.5, 0.6) is 0 Å². The van der Waals surface area contributed by atoms with Crippen LogP contribution in [0.2, 0.25) is 0 Å². The summed E-state index contributed by atoms with van der Waals surface area (Å²) in [5.74, 6) is -0.372. The standard InChI is InChI=1S/C25H33N3O3/c1-19(2)24(27-23(29)18-21-6-4-3-5-7-21)25(30)26-22-10-8-20(9-11-22)12-13-28-14-16-31-17-15-28/h3-11,19,24H,12-18H2,1-2H3,(H,26,30)(H,27,29). The molecule has 2 N–H and O–H groups in total. The minimum Gasteiger partial charge on any atom is -0.379 e. The number of amides is 2. The lowest BCUT2D eigenvalue weighted by Crippen LogP contribution is -2.47. The Hall–Kier alpha value is -2.70. The van der Waals surface area contributed by atoms with Gasteiger partial charge in [-0.25, -0.2) is 0 Å². The molecule has 1 saturated heterocycles. The van der Waals surface area contributed by atoms with Crippen molar-refractivity contribution in [3.05, 3.63) is 65.7 Å². The summed E-state index contributed by atoms with van der Waals surface area (Å²) in [6, 6.07) is 16.9. The van der Waals surface area contributed by atoms with Gasteiger partial charge in [-0.1, -0.05) is 56.3 Å². The molecule has 6 nitrogen and oxygen atoms in total. The van der Waals surface area contributed by atoms with Crippen LogP contribution in [0.1, 0.15) is 25.0 Å². The first kappa shape index (κ1) is 23.0. The zero-order chi connectivity index (χ0) is 22.1. The van der Waals surface area contributed by atoms with Gasteiger partial charge in [-0.15, -0.1) is 0 Å². The molecule has 0 saturated carbocycles. The maximum atomic E-state index is 12.8. The second-order valence-corrected chi connectivity index (χ2v) is 8.34. The molecule has 0 aromatic heterocycles. The van der Waals surface area contributed by atoms with E-state index in [1.54, 1.807) is 0 Å². The fourth-order valence-corrected chi connectivity index (χ4v) is 3.63. The van der Waals surface area contributed by atoms with Gasteiger partial charge in [0.25, 0.3) is 0 Å². The normalized spacial score (nSPS) is 15.5. The predicted octanol–water partition coefficient (Wildman–Crippen LogP) is 2.88. The SMILES string of the molecule is CC(C)C(NC(=O)Cc1ccccc1)C(=O)Nc1ccc(CCN2CCOCC2)cc1. The number of carbonyl (C=O) groups is 2. The van der Waals surface area contributed by atoms with E-state index >= 15 is 0 Å². The molecule has 1 heterocycles. The Balaban J connectivity index is 1.50. The van der Waals surface area contributed by atoms with Crippen molar-refractivity contribution in [3.8, 4) is 0 Å². The van der Waals surface area contributed by atoms with Crippen molar-refractivity contribution in [2.24, 2.45) is 5.92 Å². The molecule has 0 bridgehead atoms. The Morgan fingerprint density at radius 1 is 0.968 bits per heavy atom. The van der Waals surface area contributed by atoms with Crippen molar-refractivity contribution in [3.63, 3.8) is 0 Å². The molecule has 1 aliphatic heterocycles. The van der Waals surface area contributed by atoms with E-state index in [2.05, 4.69) is 27.7 Å². The Morgan fingerprint density at radius 3 is 2.29 bits per heavy atom. The van der Waals surface area contributed by atoms with Gasteiger partial charge in [0.1, 0.15) is 6.04 Å². The number of ether oxygens (including phenoxy) is 1. The fraction of sp³-hybridized carbons (Fsp3) is 0.440. The van der Waals surface area contributed by atoms with Gasteiger partial charge in [0, 0.05) is 25.3 Å². The quantitative estimate of drug-likeness (QED) is 0.651. The van der Waals surface area contributed by atoms with E-state index in [0.29, 0.717) is 0 Å². The summed E-state index contributed by atoms with van der Waals surface area (Å²) in [5, 5.41) is 5.83. The fourth-order valence-electron chi connectivity index (χ4n) is 3.63. The number of hydrogen-bond donors (Lipinski definition) is 2. The maximum Gasteiger partial charge on any atom is 0.247 e. The smallest absolute Gasteiger partial charge is 0.247 e. The van der Waals surface area contributed by atoms with E-state index in [4.69, 9.17) is 4.74 Å². The second-order valence-electron chi connectivity index (χ2n) is 8.34. The molecule has 1 fully saturated rings. The van der Waals surface area contributed by atoms with Crippen molar-refractivity contribution in [2.45, 2.75) is 32.7 Å². The van der Waals surface area contributed by atoms with Gasteiger partial charge < -0.3 is 15.4 Å². The minimum atomic E-state index is -0.586. The summed E-state index contributed by atoms with van der Waals surface area (Å²) in [4.78, 5) is 27.7. The molecule has 2 aromatic carbocycles. The predicted molar refractivity (Wildman–Crippen MR) is 123 cm³/mol. The molecule has 2 amide bonds. The van der Waals surface area contributed by atoms with Gasteiger partial charge in [0.2, 0.25) is 11.8 Å². The molecule has 0 aliphatic carbocycles. The van der Waals surface area contributed by atoms with Gasteiger partial charge in [0.15, 0.2) is 0 Å². The third-order valence-corrected chi connectivity index (χ3v) is 5.52. The average Bonchev–Trinajstić information content (AvgIpc) is 2.78. The molecule has 1 unspecified atom stereocenters. The van der Waals surface area contributed by atoms with E-state index in [-0.39, 0.29) is 24.2 Å². The topological polar surface area (TPSA) is 70.7 Å². The third kappa shape index (κ3) is 7.49. The maximum absolute atomic E-state index is 12.8. The summed E-state index contributed by atoms with van der Waals surface area (Å²) in [5.41, 5.74) is 2.90. The first-order valence-electron chi connectivity index (χ1n) is 11.0. The van der Waals surface area contributed by atoms with Gasteiger partial charge in [-0.2, -0.15) is 0 Å². The number of morpholine rings is 1. The van der Waals surface area contributed by atoms with Crippen molar-refractivity contribution in [1.82, 2.24) is 10.2 Å². The zero-order valence-corrected chi connectivity index (χ0v) is 18.5. The Bertz CT molecular complexity index is 831. The molecule has 0 spiro atoms.